The Labute approximate surface area is 150 Å². The van der Waals surface area contributed by atoms with Gasteiger partial charge in [0.2, 0.25) is 0 Å². The van der Waals surface area contributed by atoms with Crippen LogP contribution in [0.2, 0.25) is 0 Å². The molecule has 0 bridgehead atoms. The highest BCUT2D eigenvalue weighted by atomic mass is 127. The lowest BCUT2D eigenvalue weighted by Gasteiger charge is -2.37. The van der Waals surface area contributed by atoms with E-state index in [1.807, 2.05) is 6.92 Å². The molecule has 152 valence electrons. The van der Waals surface area contributed by atoms with E-state index in [9.17, 15) is 48.3 Å². The first kappa shape index (κ1) is 25.0. The standard InChI is InChI=1S/C13H16F11I/c1-2-3-4-5-6-8(25)7-9(14,15)10(16,17)11(18,19)12(20,21)13(22,23)24/h8H,2-7H2,1H3. The maximum atomic E-state index is 13.5. The SMILES string of the molecule is CCCCCCC(I)CC(F)(F)C(F)(F)C(F)(F)C(F)(F)C(F)(F)F. The lowest BCUT2D eigenvalue weighted by atomic mass is 9.94. The fourth-order valence-corrected chi connectivity index (χ4v) is 2.90. The zero-order valence-corrected chi connectivity index (χ0v) is 15.0. The highest BCUT2D eigenvalue weighted by molar-refractivity contribution is 14.1. The van der Waals surface area contributed by atoms with Gasteiger partial charge in [0.15, 0.2) is 0 Å². The quantitative estimate of drug-likeness (QED) is 0.126. The van der Waals surface area contributed by atoms with Gasteiger partial charge in [-0.3, -0.25) is 0 Å². The summed E-state index contributed by atoms with van der Waals surface area (Å²) in [5, 5.41) is 0. The van der Waals surface area contributed by atoms with Crippen molar-refractivity contribution in [1.82, 2.24) is 0 Å². The molecule has 1 atom stereocenters. The van der Waals surface area contributed by atoms with Gasteiger partial charge in [0.1, 0.15) is 0 Å². The maximum absolute atomic E-state index is 13.5. The van der Waals surface area contributed by atoms with Crippen molar-refractivity contribution in [3.63, 3.8) is 0 Å². The van der Waals surface area contributed by atoms with Crippen LogP contribution < -0.4 is 0 Å². The lowest BCUT2D eigenvalue weighted by Crippen LogP contribution is -2.66. The second-order valence-electron chi connectivity index (χ2n) is 5.58. The van der Waals surface area contributed by atoms with Crippen LogP contribution >= 0.6 is 22.6 Å². The minimum absolute atomic E-state index is 0.0898. The zero-order chi connectivity index (χ0) is 20.3. The third-order valence-corrected chi connectivity index (χ3v) is 4.52. The van der Waals surface area contributed by atoms with Gasteiger partial charge in [-0.05, 0) is 6.42 Å². The lowest BCUT2D eigenvalue weighted by molar-refractivity contribution is -0.422. The molecule has 0 aromatic rings. The van der Waals surface area contributed by atoms with Crippen LogP contribution in [0.3, 0.4) is 0 Å². The van der Waals surface area contributed by atoms with E-state index in [0.717, 1.165) is 6.42 Å². The molecule has 0 aliphatic heterocycles. The van der Waals surface area contributed by atoms with Crippen molar-refractivity contribution in [3.8, 4) is 0 Å². The molecule has 0 aromatic carbocycles. The van der Waals surface area contributed by atoms with Gasteiger partial charge in [0.05, 0.1) is 0 Å². The number of unbranched alkanes of at least 4 members (excludes halogenated alkanes) is 3. The van der Waals surface area contributed by atoms with E-state index in [4.69, 9.17) is 0 Å². The third kappa shape index (κ3) is 5.24. The van der Waals surface area contributed by atoms with Crippen molar-refractivity contribution in [1.29, 1.82) is 0 Å². The second kappa shape index (κ2) is 8.32. The third-order valence-electron chi connectivity index (χ3n) is 3.45. The monoisotopic (exact) mass is 508 g/mol. The number of hydrogen-bond donors (Lipinski definition) is 0. The van der Waals surface area contributed by atoms with Crippen molar-refractivity contribution in [3.05, 3.63) is 0 Å². The Bertz CT molecular complexity index is 417. The predicted molar refractivity (Wildman–Crippen MR) is 77.0 cm³/mol. The van der Waals surface area contributed by atoms with E-state index < -0.39 is 40.2 Å². The van der Waals surface area contributed by atoms with Crippen LogP contribution in [0.25, 0.3) is 0 Å². The molecule has 0 aromatic heterocycles. The first-order valence-electron chi connectivity index (χ1n) is 7.17. The van der Waals surface area contributed by atoms with Gasteiger partial charge >= 0.3 is 29.9 Å². The predicted octanol–water partition coefficient (Wildman–Crippen LogP) is 7.25. The van der Waals surface area contributed by atoms with E-state index in [0.29, 0.717) is 19.3 Å². The molecule has 12 heteroatoms. The van der Waals surface area contributed by atoms with Crippen molar-refractivity contribution >= 4 is 22.6 Å². The van der Waals surface area contributed by atoms with Gasteiger partial charge in [-0.15, -0.1) is 0 Å². The molecule has 0 rings (SSSR count). The molecular weight excluding hydrogens is 492 g/mol. The normalized spacial score (nSPS) is 16.2. The topological polar surface area (TPSA) is 0 Å². The van der Waals surface area contributed by atoms with Gasteiger partial charge in [-0.1, -0.05) is 55.2 Å². The molecule has 0 N–H and O–H groups in total. The van der Waals surface area contributed by atoms with Crippen LogP contribution in [0.5, 0.6) is 0 Å². The van der Waals surface area contributed by atoms with E-state index in [1.165, 1.54) is 22.6 Å². The van der Waals surface area contributed by atoms with Crippen molar-refractivity contribution < 1.29 is 48.3 Å². The van der Waals surface area contributed by atoms with Crippen LogP contribution in [-0.4, -0.2) is 33.8 Å². The maximum Gasteiger partial charge on any atom is 0.460 e. The molecule has 0 nitrogen and oxygen atoms in total. The largest absolute Gasteiger partial charge is 0.460 e. The summed E-state index contributed by atoms with van der Waals surface area (Å²) >= 11 is 1.26. The number of halogens is 12. The van der Waals surface area contributed by atoms with Gasteiger partial charge in [-0.25, -0.2) is 0 Å². The number of alkyl halides is 12. The van der Waals surface area contributed by atoms with Crippen LogP contribution in [0.4, 0.5) is 48.3 Å². The van der Waals surface area contributed by atoms with Crippen LogP contribution in [0.1, 0.15) is 45.4 Å². The van der Waals surface area contributed by atoms with Crippen LogP contribution in [0, 0.1) is 0 Å². The highest BCUT2D eigenvalue weighted by Crippen LogP contribution is 2.58. The number of rotatable bonds is 10. The summed E-state index contributed by atoms with van der Waals surface area (Å²) in [5.41, 5.74) is 0. The Balaban J connectivity index is 5.32. The summed E-state index contributed by atoms with van der Waals surface area (Å²) in [4.78, 5) is 0. The molecule has 0 aliphatic rings. The molecule has 0 saturated heterocycles. The molecule has 0 aliphatic carbocycles. The Kier molecular flexibility index (Phi) is 8.31. The Morgan fingerprint density at radius 3 is 1.56 bits per heavy atom. The van der Waals surface area contributed by atoms with Gasteiger partial charge in [0.25, 0.3) is 0 Å². The van der Waals surface area contributed by atoms with Crippen molar-refractivity contribution in [2.24, 2.45) is 0 Å². The molecule has 0 radical (unpaired) electrons. The molecule has 25 heavy (non-hydrogen) atoms. The van der Waals surface area contributed by atoms with E-state index in [2.05, 4.69) is 0 Å². The molecule has 0 heterocycles. The van der Waals surface area contributed by atoms with Crippen molar-refractivity contribution in [2.75, 3.05) is 0 Å². The average molecular weight is 508 g/mol. The van der Waals surface area contributed by atoms with E-state index in [1.54, 1.807) is 0 Å². The molecule has 0 amide bonds. The molecule has 0 fully saturated rings. The summed E-state index contributed by atoms with van der Waals surface area (Å²) in [5.74, 6) is -27.2. The fraction of sp³-hybridized carbons (Fsp3) is 1.00. The smallest absolute Gasteiger partial charge is 0.200 e. The van der Waals surface area contributed by atoms with Gasteiger partial charge in [-0.2, -0.15) is 48.3 Å². The highest BCUT2D eigenvalue weighted by Gasteiger charge is 2.86. The number of hydrogen-bond acceptors (Lipinski definition) is 0. The summed E-state index contributed by atoms with van der Waals surface area (Å²) in [7, 11) is 0. The average Bonchev–Trinajstić information content (AvgIpc) is 2.41. The fourth-order valence-electron chi connectivity index (χ4n) is 1.91. The van der Waals surface area contributed by atoms with E-state index in [-0.39, 0.29) is 6.42 Å². The summed E-state index contributed by atoms with van der Waals surface area (Å²) in [6.07, 6.45) is -6.80. The second-order valence-corrected chi connectivity index (χ2v) is 7.34. The Morgan fingerprint density at radius 1 is 0.680 bits per heavy atom. The zero-order valence-electron chi connectivity index (χ0n) is 12.9. The minimum Gasteiger partial charge on any atom is -0.200 e. The van der Waals surface area contributed by atoms with Crippen LogP contribution in [-0.2, 0) is 0 Å². The van der Waals surface area contributed by atoms with Crippen LogP contribution in [0.15, 0.2) is 0 Å². The van der Waals surface area contributed by atoms with Crippen molar-refractivity contribution in [2.45, 2.75) is 79.2 Å². The minimum atomic E-state index is -7.31. The van der Waals surface area contributed by atoms with E-state index >= 15 is 0 Å². The summed E-state index contributed by atoms with van der Waals surface area (Å²) in [6.45, 7) is 1.83. The molecule has 1 unspecified atom stereocenters. The molecular formula is C13H16F11I. The van der Waals surface area contributed by atoms with Gasteiger partial charge in [0, 0.05) is 10.3 Å². The summed E-state index contributed by atoms with van der Waals surface area (Å²) < 4.78 is 140. The first-order valence-corrected chi connectivity index (χ1v) is 8.42. The molecule has 0 spiro atoms. The van der Waals surface area contributed by atoms with Gasteiger partial charge < -0.3 is 0 Å². The summed E-state index contributed by atoms with van der Waals surface area (Å²) in [6, 6.07) is 0. The first-order chi connectivity index (χ1) is 11.0. The Morgan fingerprint density at radius 2 is 1.16 bits per heavy atom. The Hall–Kier alpha value is -0.0400. The molecule has 0 saturated carbocycles.